The second-order valence-electron chi connectivity index (χ2n) is 7.13. The molecule has 0 aromatic rings. The molecule has 3 rings (SSSR count). The molecule has 7 heteroatoms. The fourth-order valence-electron chi connectivity index (χ4n) is 3.92. The van der Waals surface area contributed by atoms with E-state index >= 15 is 0 Å². The van der Waals surface area contributed by atoms with E-state index in [0.29, 0.717) is 5.91 Å². The Bertz CT molecular complexity index is 354. The van der Waals surface area contributed by atoms with Gasteiger partial charge in [-0.1, -0.05) is 0 Å². The number of nitrogens with zero attached hydrogens (tertiary/aromatic N) is 2. The number of amides is 1. The van der Waals surface area contributed by atoms with Crippen LogP contribution in [-0.2, 0) is 9.53 Å². The molecule has 3 fully saturated rings. The highest BCUT2D eigenvalue weighted by Crippen LogP contribution is 2.18. The lowest BCUT2D eigenvalue weighted by atomic mass is 9.99. The van der Waals surface area contributed by atoms with Gasteiger partial charge >= 0.3 is 0 Å². The predicted octanol–water partition coefficient (Wildman–Crippen LogP) is 1.79. The number of carbonyl (C=O) groups excluding carboxylic acids is 1. The minimum atomic E-state index is 0. The second-order valence-corrected chi connectivity index (χ2v) is 7.13. The lowest BCUT2D eigenvalue weighted by Gasteiger charge is -2.37. The summed E-state index contributed by atoms with van der Waals surface area (Å²) in [6, 6.07) is 0. The molecule has 24 heavy (non-hydrogen) atoms. The molecule has 0 saturated carbocycles. The summed E-state index contributed by atoms with van der Waals surface area (Å²) in [5, 5.41) is 3.38. The predicted molar refractivity (Wildman–Crippen MR) is 101 cm³/mol. The number of hydrogen-bond acceptors (Lipinski definition) is 4. The molecule has 1 amide bonds. The molecule has 1 N–H and O–H groups in total. The maximum absolute atomic E-state index is 12.3. The molecule has 3 aliphatic rings. The van der Waals surface area contributed by atoms with Gasteiger partial charge in [-0.2, -0.15) is 0 Å². The molecule has 1 atom stereocenters. The second kappa shape index (κ2) is 11.5. The molecule has 0 radical (unpaired) electrons. The first-order chi connectivity index (χ1) is 10.8. The lowest BCUT2D eigenvalue weighted by molar-refractivity contribution is -0.133. The van der Waals surface area contributed by atoms with Crippen LogP contribution < -0.4 is 5.32 Å². The molecule has 0 aromatic heterocycles. The fourth-order valence-corrected chi connectivity index (χ4v) is 3.92. The van der Waals surface area contributed by atoms with Crippen molar-refractivity contribution in [3.05, 3.63) is 0 Å². The Kier molecular flexibility index (Phi) is 10.6. The van der Waals surface area contributed by atoms with Crippen molar-refractivity contribution >= 4 is 30.7 Å². The van der Waals surface area contributed by atoms with Crippen LogP contribution in [0.4, 0.5) is 0 Å². The summed E-state index contributed by atoms with van der Waals surface area (Å²) in [5.41, 5.74) is 0. The minimum Gasteiger partial charge on any atom is -0.381 e. The lowest BCUT2D eigenvalue weighted by Crippen LogP contribution is -2.50. The van der Waals surface area contributed by atoms with Gasteiger partial charge in [-0.25, -0.2) is 0 Å². The Morgan fingerprint density at radius 2 is 1.71 bits per heavy atom. The normalized spacial score (nSPS) is 25.8. The van der Waals surface area contributed by atoms with Gasteiger partial charge in [0.05, 0.1) is 0 Å². The molecule has 0 aromatic carbocycles. The molecule has 3 heterocycles. The molecule has 0 aliphatic carbocycles. The van der Waals surface area contributed by atoms with Gasteiger partial charge in [-0.3, -0.25) is 9.69 Å². The first-order valence-electron chi connectivity index (χ1n) is 9.10. The molecule has 3 saturated heterocycles. The van der Waals surface area contributed by atoms with E-state index in [2.05, 4.69) is 15.1 Å². The highest BCUT2D eigenvalue weighted by atomic mass is 35.5. The monoisotopic (exact) mass is 381 g/mol. The van der Waals surface area contributed by atoms with Gasteiger partial charge in [-0.05, 0) is 50.6 Å². The third-order valence-electron chi connectivity index (χ3n) is 5.51. The van der Waals surface area contributed by atoms with Gasteiger partial charge in [-0.15, -0.1) is 24.8 Å². The van der Waals surface area contributed by atoms with Crippen molar-refractivity contribution in [2.24, 2.45) is 11.8 Å². The van der Waals surface area contributed by atoms with Crippen molar-refractivity contribution < 1.29 is 9.53 Å². The Hall–Kier alpha value is -0.0700. The number of ether oxygens (including phenoxy) is 1. The molecule has 3 aliphatic heterocycles. The highest BCUT2D eigenvalue weighted by Gasteiger charge is 2.24. The van der Waals surface area contributed by atoms with Gasteiger partial charge in [0.25, 0.3) is 0 Å². The quantitative estimate of drug-likeness (QED) is 0.788. The zero-order valence-corrected chi connectivity index (χ0v) is 16.2. The molecule has 1 unspecified atom stereocenters. The average molecular weight is 382 g/mol. The number of hydrogen-bond donors (Lipinski definition) is 1. The smallest absolute Gasteiger partial charge is 0.222 e. The maximum Gasteiger partial charge on any atom is 0.222 e. The van der Waals surface area contributed by atoms with Crippen molar-refractivity contribution in [1.29, 1.82) is 0 Å². The van der Waals surface area contributed by atoms with Crippen LogP contribution in [0.1, 0.15) is 32.1 Å². The SMILES string of the molecule is Cl.Cl.O=C(CCC1CCNC1)N1CCN(CC2CCOCC2)CC1. The van der Waals surface area contributed by atoms with Crippen LogP contribution in [0.15, 0.2) is 0 Å². The van der Waals surface area contributed by atoms with Crippen LogP contribution in [0.5, 0.6) is 0 Å². The number of carbonyl (C=O) groups is 1. The average Bonchev–Trinajstić information content (AvgIpc) is 3.08. The number of halogens is 2. The summed E-state index contributed by atoms with van der Waals surface area (Å²) < 4.78 is 5.43. The molecule has 5 nitrogen and oxygen atoms in total. The molecule has 0 bridgehead atoms. The van der Waals surface area contributed by atoms with Gasteiger partial charge in [0.2, 0.25) is 5.91 Å². The topological polar surface area (TPSA) is 44.8 Å². The van der Waals surface area contributed by atoms with Crippen LogP contribution in [0.2, 0.25) is 0 Å². The molecular formula is C17H33Cl2N3O2. The largest absolute Gasteiger partial charge is 0.381 e. The Balaban J connectivity index is 0.00000144. The van der Waals surface area contributed by atoms with Gasteiger partial charge < -0.3 is 15.0 Å². The van der Waals surface area contributed by atoms with Crippen molar-refractivity contribution in [1.82, 2.24) is 15.1 Å². The van der Waals surface area contributed by atoms with Crippen molar-refractivity contribution in [3.63, 3.8) is 0 Å². The van der Waals surface area contributed by atoms with E-state index in [1.165, 1.54) is 25.8 Å². The minimum absolute atomic E-state index is 0. The summed E-state index contributed by atoms with van der Waals surface area (Å²) in [5.74, 6) is 1.89. The van der Waals surface area contributed by atoms with Crippen LogP contribution in [0.3, 0.4) is 0 Å². The molecule has 142 valence electrons. The Labute approximate surface area is 158 Å². The van der Waals surface area contributed by atoms with Crippen LogP contribution in [0.25, 0.3) is 0 Å². The summed E-state index contributed by atoms with van der Waals surface area (Å²) in [6.07, 6.45) is 5.45. The maximum atomic E-state index is 12.3. The summed E-state index contributed by atoms with van der Waals surface area (Å²) in [6.45, 7) is 9.23. The highest BCUT2D eigenvalue weighted by molar-refractivity contribution is 5.85. The van der Waals surface area contributed by atoms with E-state index in [1.54, 1.807) is 0 Å². The van der Waals surface area contributed by atoms with E-state index in [0.717, 1.165) is 77.2 Å². The van der Waals surface area contributed by atoms with E-state index in [9.17, 15) is 4.79 Å². The van der Waals surface area contributed by atoms with Crippen LogP contribution in [0, 0.1) is 11.8 Å². The number of nitrogens with one attached hydrogen (secondary N) is 1. The Morgan fingerprint density at radius 1 is 1.00 bits per heavy atom. The Morgan fingerprint density at radius 3 is 2.33 bits per heavy atom. The summed E-state index contributed by atoms with van der Waals surface area (Å²) >= 11 is 0. The first kappa shape index (κ1) is 22.0. The standard InChI is InChI=1S/C17H31N3O2.2ClH/c21-17(2-1-15-3-6-18-13-15)20-9-7-19(8-10-20)14-16-4-11-22-12-5-16;;/h15-16,18H,1-14H2;2*1H. The fraction of sp³-hybridized carbons (Fsp3) is 0.941. The van der Waals surface area contributed by atoms with Crippen LogP contribution in [-0.4, -0.2) is 74.7 Å². The molecule has 0 spiro atoms. The van der Waals surface area contributed by atoms with E-state index in [1.807, 2.05) is 0 Å². The van der Waals surface area contributed by atoms with Crippen molar-refractivity contribution in [2.45, 2.75) is 32.1 Å². The van der Waals surface area contributed by atoms with Crippen molar-refractivity contribution in [3.8, 4) is 0 Å². The third-order valence-corrected chi connectivity index (χ3v) is 5.51. The summed E-state index contributed by atoms with van der Waals surface area (Å²) in [7, 11) is 0. The molecular weight excluding hydrogens is 349 g/mol. The van der Waals surface area contributed by atoms with E-state index < -0.39 is 0 Å². The zero-order chi connectivity index (χ0) is 15.2. The van der Waals surface area contributed by atoms with E-state index in [-0.39, 0.29) is 24.8 Å². The third kappa shape index (κ3) is 6.68. The number of piperazine rings is 1. The van der Waals surface area contributed by atoms with E-state index in [4.69, 9.17) is 4.74 Å². The number of rotatable bonds is 5. The summed E-state index contributed by atoms with van der Waals surface area (Å²) in [4.78, 5) is 17.0. The van der Waals surface area contributed by atoms with Crippen LogP contribution >= 0.6 is 24.8 Å². The van der Waals surface area contributed by atoms with Gasteiger partial charge in [0.15, 0.2) is 0 Å². The van der Waals surface area contributed by atoms with Gasteiger partial charge in [0.1, 0.15) is 0 Å². The van der Waals surface area contributed by atoms with Gasteiger partial charge in [0, 0.05) is 52.4 Å². The zero-order valence-electron chi connectivity index (χ0n) is 14.6. The van der Waals surface area contributed by atoms with Crippen molar-refractivity contribution in [2.75, 3.05) is 59.0 Å². The first-order valence-corrected chi connectivity index (χ1v) is 9.10.